The molecule has 4 heteroatoms. The van der Waals surface area contributed by atoms with Gasteiger partial charge in [0, 0.05) is 20.1 Å². The molecular weight excluding hydrogens is 146 g/mol. The Bertz CT molecular complexity index is 101. The van der Waals surface area contributed by atoms with Crippen LogP contribution < -0.4 is 10.9 Å². The molecular formula is C6H15N3S. The van der Waals surface area contributed by atoms with Gasteiger partial charge < -0.3 is 4.90 Å². The molecule has 0 rings (SSSR count). The molecule has 10 heavy (non-hydrogen) atoms. The first-order chi connectivity index (χ1) is 4.76. The monoisotopic (exact) mass is 161 g/mol. The van der Waals surface area contributed by atoms with Gasteiger partial charge in [0.1, 0.15) is 0 Å². The molecule has 0 heterocycles. The number of thiocarbonyl (C=S) groups is 1. The van der Waals surface area contributed by atoms with Crippen molar-refractivity contribution in [2.75, 3.05) is 20.1 Å². The van der Waals surface area contributed by atoms with Crippen LogP contribution in [-0.2, 0) is 0 Å². The third-order valence-electron chi connectivity index (χ3n) is 1.28. The van der Waals surface area contributed by atoms with Gasteiger partial charge in [-0.2, -0.15) is 0 Å². The van der Waals surface area contributed by atoms with Gasteiger partial charge in [-0.15, -0.1) is 0 Å². The Morgan fingerprint density at radius 2 is 1.90 bits per heavy atom. The molecule has 60 valence electrons. The van der Waals surface area contributed by atoms with Gasteiger partial charge in [0.2, 0.25) is 0 Å². The van der Waals surface area contributed by atoms with Crippen molar-refractivity contribution in [2.45, 2.75) is 13.8 Å². The van der Waals surface area contributed by atoms with E-state index >= 15 is 0 Å². The standard InChI is InChI=1S/C6H15N3S/c1-4-9(5-2)6(10)8-7-3/h7H,4-5H2,1-3H3,(H,8,10). The van der Waals surface area contributed by atoms with E-state index in [1.54, 1.807) is 7.05 Å². The lowest BCUT2D eigenvalue weighted by molar-refractivity contribution is 0.449. The Balaban J connectivity index is 3.65. The number of rotatable bonds is 3. The summed E-state index contributed by atoms with van der Waals surface area (Å²) < 4.78 is 0. The molecule has 0 bridgehead atoms. The largest absolute Gasteiger partial charge is 0.349 e. The van der Waals surface area contributed by atoms with E-state index in [1.165, 1.54) is 0 Å². The van der Waals surface area contributed by atoms with Gasteiger partial charge in [0.25, 0.3) is 0 Å². The maximum Gasteiger partial charge on any atom is 0.183 e. The highest BCUT2D eigenvalue weighted by atomic mass is 32.1. The molecule has 0 saturated heterocycles. The Kier molecular flexibility index (Phi) is 5.25. The number of hydrogen-bond donors (Lipinski definition) is 2. The van der Waals surface area contributed by atoms with Crippen molar-refractivity contribution < 1.29 is 0 Å². The van der Waals surface area contributed by atoms with Crippen molar-refractivity contribution in [2.24, 2.45) is 0 Å². The summed E-state index contributed by atoms with van der Waals surface area (Å²) in [6.45, 7) is 6.05. The zero-order valence-electron chi connectivity index (χ0n) is 6.77. The van der Waals surface area contributed by atoms with Crippen LogP contribution in [0.5, 0.6) is 0 Å². The minimum atomic E-state index is 0.757. The minimum Gasteiger partial charge on any atom is -0.349 e. The second-order valence-electron chi connectivity index (χ2n) is 1.85. The molecule has 0 aromatic heterocycles. The molecule has 0 fully saturated rings. The maximum absolute atomic E-state index is 5.03. The van der Waals surface area contributed by atoms with E-state index in [4.69, 9.17) is 12.2 Å². The summed E-state index contributed by atoms with van der Waals surface area (Å²) in [6.07, 6.45) is 0. The van der Waals surface area contributed by atoms with Crippen molar-refractivity contribution in [1.82, 2.24) is 15.8 Å². The number of hydrazine groups is 1. The molecule has 3 nitrogen and oxygen atoms in total. The van der Waals surface area contributed by atoms with Crippen LogP contribution in [-0.4, -0.2) is 30.1 Å². The first-order valence-electron chi connectivity index (χ1n) is 3.47. The normalized spacial score (nSPS) is 9.10. The maximum atomic E-state index is 5.03. The third-order valence-corrected chi connectivity index (χ3v) is 1.64. The SMILES string of the molecule is CCN(CC)C(=S)NNC. The summed E-state index contributed by atoms with van der Waals surface area (Å²) in [6, 6.07) is 0. The molecule has 0 saturated carbocycles. The van der Waals surface area contributed by atoms with Crippen LogP contribution >= 0.6 is 12.2 Å². The number of nitrogens with one attached hydrogen (secondary N) is 2. The van der Waals surface area contributed by atoms with Crippen molar-refractivity contribution in [1.29, 1.82) is 0 Å². The van der Waals surface area contributed by atoms with E-state index in [2.05, 4.69) is 29.6 Å². The molecule has 0 unspecified atom stereocenters. The fourth-order valence-electron chi connectivity index (χ4n) is 0.697. The second kappa shape index (κ2) is 5.44. The summed E-state index contributed by atoms with van der Waals surface area (Å²) in [4.78, 5) is 2.06. The van der Waals surface area contributed by atoms with Gasteiger partial charge in [-0.1, -0.05) is 0 Å². The van der Waals surface area contributed by atoms with Gasteiger partial charge in [-0.25, -0.2) is 5.43 Å². The second-order valence-corrected chi connectivity index (χ2v) is 2.24. The molecule has 0 aromatic carbocycles. The Morgan fingerprint density at radius 3 is 2.20 bits per heavy atom. The van der Waals surface area contributed by atoms with Crippen LogP contribution in [0.1, 0.15) is 13.8 Å². The zero-order valence-corrected chi connectivity index (χ0v) is 7.59. The smallest absolute Gasteiger partial charge is 0.183 e. The number of nitrogens with zero attached hydrogens (tertiary/aromatic N) is 1. The molecule has 2 N–H and O–H groups in total. The van der Waals surface area contributed by atoms with Crippen LogP contribution in [0.2, 0.25) is 0 Å². The lowest BCUT2D eigenvalue weighted by Crippen LogP contribution is -2.44. The Labute approximate surface area is 67.8 Å². The lowest BCUT2D eigenvalue weighted by atomic mass is 10.5. The van der Waals surface area contributed by atoms with Gasteiger partial charge in [0.15, 0.2) is 5.11 Å². The fourth-order valence-corrected chi connectivity index (χ4v) is 1.06. The van der Waals surface area contributed by atoms with Gasteiger partial charge in [-0.05, 0) is 26.1 Å². The highest BCUT2D eigenvalue weighted by molar-refractivity contribution is 7.80. The molecule has 0 spiro atoms. The zero-order chi connectivity index (χ0) is 7.98. The first kappa shape index (κ1) is 9.65. The van der Waals surface area contributed by atoms with Crippen molar-refractivity contribution in [3.63, 3.8) is 0 Å². The van der Waals surface area contributed by atoms with Crippen molar-refractivity contribution in [3.8, 4) is 0 Å². The van der Waals surface area contributed by atoms with Crippen LogP contribution in [0.25, 0.3) is 0 Å². The highest BCUT2D eigenvalue weighted by Crippen LogP contribution is 1.86. The van der Waals surface area contributed by atoms with E-state index in [1.807, 2.05) is 0 Å². The summed E-state index contributed by atoms with van der Waals surface area (Å²) in [5.74, 6) is 0. The lowest BCUT2D eigenvalue weighted by Gasteiger charge is -2.21. The number of hydrogen-bond acceptors (Lipinski definition) is 2. The average molecular weight is 161 g/mol. The van der Waals surface area contributed by atoms with Crippen LogP contribution in [0.15, 0.2) is 0 Å². The molecule has 0 aliphatic rings. The van der Waals surface area contributed by atoms with Crippen molar-refractivity contribution in [3.05, 3.63) is 0 Å². The predicted molar refractivity (Wildman–Crippen MR) is 47.7 cm³/mol. The Morgan fingerprint density at radius 1 is 1.40 bits per heavy atom. The van der Waals surface area contributed by atoms with E-state index in [9.17, 15) is 0 Å². The molecule has 0 atom stereocenters. The van der Waals surface area contributed by atoms with Crippen LogP contribution in [0.4, 0.5) is 0 Å². The Hall–Kier alpha value is -0.350. The van der Waals surface area contributed by atoms with Gasteiger partial charge >= 0.3 is 0 Å². The van der Waals surface area contributed by atoms with E-state index in [-0.39, 0.29) is 0 Å². The van der Waals surface area contributed by atoms with Gasteiger partial charge in [0.05, 0.1) is 0 Å². The summed E-state index contributed by atoms with van der Waals surface area (Å²) in [7, 11) is 1.80. The quantitative estimate of drug-likeness (QED) is 0.461. The highest BCUT2D eigenvalue weighted by Gasteiger charge is 2.00. The summed E-state index contributed by atoms with van der Waals surface area (Å²) >= 11 is 5.03. The van der Waals surface area contributed by atoms with Crippen LogP contribution in [0.3, 0.4) is 0 Å². The molecule has 0 aromatic rings. The average Bonchev–Trinajstić information content (AvgIpc) is 1.91. The van der Waals surface area contributed by atoms with Crippen molar-refractivity contribution >= 4 is 17.3 Å². The van der Waals surface area contributed by atoms with E-state index < -0.39 is 0 Å². The molecule has 0 amide bonds. The topological polar surface area (TPSA) is 27.3 Å². The van der Waals surface area contributed by atoms with E-state index in [0.717, 1.165) is 18.2 Å². The van der Waals surface area contributed by atoms with E-state index in [0.29, 0.717) is 0 Å². The summed E-state index contributed by atoms with van der Waals surface area (Å²) in [5.41, 5.74) is 5.64. The molecule has 0 aliphatic carbocycles. The molecule has 0 aliphatic heterocycles. The van der Waals surface area contributed by atoms with Crippen LogP contribution in [0, 0.1) is 0 Å². The first-order valence-corrected chi connectivity index (χ1v) is 3.88. The summed E-state index contributed by atoms with van der Waals surface area (Å²) in [5, 5.41) is 0.757. The third kappa shape index (κ3) is 2.98. The fraction of sp³-hybridized carbons (Fsp3) is 0.833. The van der Waals surface area contributed by atoms with Gasteiger partial charge in [-0.3, -0.25) is 5.43 Å². The minimum absolute atomic E-state index is 0.757. The predicted octanol–water partition coefficient (Wildman–Crippen LogP) is 0.337. The molecule has 0 radical (unpaired) electrons.